The van der Waals surface area contributed by atoms with Crippen LogP contribution in [0.1, 0.15) is 5.69 Å². The van der Waals surface area contributed by atoms with Crippen LogP contribution in [0, 0.1) is 0 Å². The number of halogens is 1. The van der Waals surface area contributed by atoms with E-state index in [9.17, 15) is 4.21 Å². The Balaban J connectivity index is 2.10. The average molecular weight is 259 g/mol. The molecule has 1 heterocycles. The largest absolute Gasteiger partial charge is 0.358 e. The maximum absolute atomic E-state index is 10.4. The molecule has 0 aliphatic rings. The van der Waals surface area contributed by atoms with Crippen molar-refractivity contribution in [2.24, 2.45) is 0 Å². The van der Waals surface area contributed by atoms with Crippen molar-refractivity contribution in [1.82, 2.24) is 9.71 Å². The minimum Gasteiger partial charge on any atom is -0.358 e. The van der Waals surface area contributed by atoms with E-state index in [4.69, 9.17) is 16.2 Å². The van der Waals surface area contributed by atoms with Crippen molar-refractivity contribution in [3.63, 3.8) is 0 Å². The minimum absolute atomic E-state index is 0.448. The fourth-order valence-electron chi connectivity index (χ4n) is 1.57. The van der Waals surface area contributed by atoms with Crippen LogP contribution in [0.3, 0.4) is 0 Å². The van der Waals surface area contributed by atoms with Crippen molar-refractivity contribution in [2.45, 2.75) is 6.42 Å². The zero-order chi connectivity index (χ0) is 11.5. The smallest absolute Gasteiger partial charge is 0.231 e. The summed E-state index contributed by atoms with van der Waals surface area (Å²) >= 11 is 3.93. The van der Waals surface area contributed by atoms with Gasteiger partial charge in [0.2, 0.25) is 11.3 Å². The number of rotatable bonds is 4. The van der Waals surface area contributed by atoms with E-state index in [0.717, 1.165) is 16.6 Å². The molecule has 1 unspecified atom stereocenters. The molecule has 0 aliphatic carbocycles. The molecule has 1 atom stereocenters. The van der Waals surface area contributed by atoms with Gasteiger partial charge in [-0.2, -0.15) is 0 Å². The molecule has 0 saturated carbocycles. The van der Waals surface area contributed by atoms with Gasteiger partial charge in [0.1, 0.15) is 0 Å². The van der Waals surface area contributed by atoms with Gasteiger partial charge in [-0.1, -0.05) is 11.6 Å². The lowest BCUT2D eigenvalue weighted by atomic mass is 10.2. The summed E-state index contributed by atoms with van der Waals surface area (Å²) < 4.78 is 21.4. The minimum atomic E-state index is -1.95. The van der Waals surface area contributed by atoms with Crippen molar-refractivity contribution in [3.8, 4) is 0 Å². The van der Waals surface area contributed by atoms with Crippen molar-refractivity contribution in [1.29, 1.82) is 0 Å². The molecule has 0 aliphatic heterocycles. The number of hydrogen-bond acceptors (Lipinski definition) is 1. The third-order valence-corrected chi connectivity index (χ3v) is 2.94. The van der Waals surface area contributed by atoms with E-state index in [0.29, 0.717) is 18.0 Å². The Morgan fingerprint density at radius 2 is 2.25 bits per heavy atom. The van der Waals surface area contributed by atoms with Gasteiger partial charge in [-0.3, -0.25) is 4.55 Å². The predicted octanol–water partition coefficient (Wildman–Crippen LogP) is 2.09. The van der Waals surface area contributed by atoms with E-state index in [-0.39, 0.29) is 0 Å². The normalized spacial score (nSPS) is 13.1. The molecule has 0 fully saturated rings. The van der Waals surface area contributed by atoms with Crippen LogP contribution in [0.5, 0.6) is 0 Å². The quantitative estimate of drug-likeness (QED) is 0.736. The molecule has 0 radical (unpaired) electrons. The fourth-order valence-corrected chi connectivity index (χ4v) is 2.03. The third kappa shape index (κ3) is 2.82. The number of fused-ring (bicyclic) bond motifs is 1. The van der Waals surface area contributed by atoms with Gasteiger partial charge in [0.05, 0.1) is 0 Å². The highest BCUT2D eigenvalue weighted by molar-refractivity contribution is 7.77. The molecule has 86 valence electrons. The Labute approximate surface area is 100 Å². The van der Waals surface area contributed by atoms with Gasteiger partial charge in [-0.15, -0.1) is 0 Å². The first-order valence-corrected chi connectivity index (χ1v) is 6.25. The van der Waals surface area contributed by atoms with E-state index in [1.807, 2.05) is 24.3 Å². The number of aromatic nitrogens is 1. The summed E-state index contributed by atoms with van der Waals surface area (Å²) in [6, 6.07) is 7.61. The summed E-state index contributed by atoms with van der Waals surface area (Å²) in [4.78, 5) is 3.22. The van der Waals surface area contributed by atoms with E-state index in [1.54, 1.807) is 0 Å². The zero-order valence-electron chi connectivity index (χ0n) is 8.37. The summed E-state index contributed by atoms with van der Waals surface area (Å²) in [6.45, 7) is 0.448. The van der Waals surface area contributed by atoms with Gasteiger partial charge < -0.3 is 4.98 Å². The van der Waals surface area contributed by atoms with Crippen molar-refractivity contribution in [3.05, 3.63) is 35.0 Å². The highest BCUT2D eigenvalue weighted by Crippen LogP contribution is 2.20. The van der Waals surface area contributed by atoms with Crippen LogP contribution in [0.15, 0.2) is 24.3 Å². The molecule has 1 aromatic carbocycles. The van der Waals surface area contributed by atoms with Crippen LogP contribution in [0.2, 0.25) is 5.02 Å². The first-order valence-electron chi connectivity index (χ1n) is 4.76. The lowest BCUT2D eigenvalue weighted by Crippen LogP contribution is -2.19. The second kappa shape index (κ2) is 4.97. The molecule has 1 aromatic heterocycles. The second-order valence-electron chi connectivity index (χ2n) is 3.42. The highest BCUT2D eigenvalue weighted by atomic mass is 35.5. The molecule has 0 spiro atoms. The van der Waals surface area contributed by atoms with Crippen LogP contribution >= 0.6 is 11.6 Å². The van der Waals surface area contributed by atoms with Crippen LogP contribution in [-0.2, 0) is 17.7 Å². The van der Waals surface area contributed by atoms with Gasteiger partial charge in [-0.05, 0) is 24.3 Å². The summed E-state index contributed by atoms with van der Waals surface area (Å²) in [7, 11) is 0. The highest BCUT2D eigenvalue weighted by Gasteiger charge is 2.01. The van der Waals surface area contributed by atoms with Crippen molar-refractivity contribution in [2.75, 3.05) is 6.54 Å². The molecule has 0 saturated heterocycles. The van der Waals surface area contributed by atoms with Crippen LogP contribution in [0.25, 0.3) is 10.9 Å². The maximum atomic E-state index is 10.4. The predicted molar refractivity (Wildman–Crippen MR) is 65.8 cm³/mol. The van der Waals surface area contributed by atoms with Crippen molar-refractivity contribution < 1.29 is 8.76 Å². The molecule has 6 heteroatoms. The Hall–Kier alpha value is -0.880. The van der Waals surface area contributed by atoms with Crippen LogP contribution in [0.4, 0.5) is 0 Å². The molecule has 0 bridgehead atoms. The number of hydrogen-bond donors (Lipinski definition) is 3. The van der Waals surface area contributed by atoms with E-state index in [2.05, 4.69) is 9.71 Å². The van der Waals surface area contributed by atoms with Crippen LogP contribution < -0.4 is 4.72 Å². The second-order valence-corrected chi connectivity index (χ2v) is 4.64. The molecule has 16 heavy (non-hydrogen) atoms. The lowest BCUT2D eigenvalue weighted by Gasteiger charge is -1.96. The van der Waals surface area contributed by atoms with E-state index in [1.165, 1.54) is 0 Å². The molecule has 2 aromatic rings. The summed E-state index contributed by atoms with van der Waals surface area (Å²) in [6.07, 6.45) is 0.665. The monoisotopic (exact) mass is 258 g/mol. The molecule has 3 N–H and O–H groups in total. The Kier molecular flexibility index (Phi) is 3.60. The molecule has 2 rings (SSSR count). The zero-order valence-corrected chi connectivity index (χ0v) is 9.94. The Morgan fingerprint density at radius 3 is 3.00 bits per heavy atom. The topological polar surface area (TPSA) is 65.1 Å². The first-order chi connectivity index (χ1) is 7.65. The Bertz CT molecular complexity index is 527. The van der Waals surface area contributed by atoms with Gasteiger partial charge >= 0.3 is 0 Å². The SMILES string of the molecule is O=S(O)NCCc1cc2cc(Cl)ccc2[nH]1. The number of aromatic amines is 1. The van der Waals surface area contributed by atoms with Crippen molar-refractivity contribution >= 4 is 33.8 Å². The number of benzene rings is 1. The van der Waals surface area contributed by atoms with E-state index < -0.39 is 11.3 Å². The average Bonchev–Trinajstić information content (AvgIpc) is 2.58. The molecule has 4 nitrogen and oxygen atoms in total. The van der Waals surface area contributed by atoms with E-state index >= 15 is 0 Å². The number of H-pyrrole nitrogens is 1. The summed E-state index contributed by atoms with van der Waals surface area (Å²) in [5, 5.41) is 1.75. The first kappa shape index (κ1) is 11.6. The molecular formula is C10H11ClN2O2S. The van der Waals surface area contributed by atoms with Crippen LogP contribution in [-0.4, -0.2) is 20.3 Å². The van der Waals surface area contributed by atoms with Gasteiger partial charge in [0.15, 0.2) is 0 Å². The number of nitrogens with one attached hydrogen (secondary N) is 2. The fraction of sp³-hybridized carbons (Fsp3) is 0.200. The third-order valence-electron chi connectivity index (χ3n) is 2.26. The Morgan fingerprint density at radius 1 is 1.44 bits per heavy atom. The van der Waals surface area contributed by atoms with Gasteiger partial charge in [0, 0.05) is 34.6 Å². The molecular weight excluding hydrogens is 248 g/mol. The van der Waals surface area contributed by atoms with Gasteiger partial charge in [-0.25, -0.2) is 8.93 Å². The summed E-state index contributed by atoms with van der Waals surface area (Å²) in [5.41, 5.74) is 2.03. The lowest BCUT2D eigenvalue weighted by molar-refractivity contribution is 0.549. The molecule has 0 amide bonds. The van der Waals surface area contributed by atoms with Gasteiger partial charge in [0.25, 0.3) is 0 Å². The maximum Gasteiger partial charge on any atom is 0.231 e. The summed E-state index contributed by atoms with van der Waals surface area (Å²) in [5.74, 6) is 0. The standard InChI is InChI=1S/C10H11ClN2O2S/c11-8-1-2-10-7(5-8)6-9(13-10)3-4-12-16(14)15/h1-2,5-6,12-13H,3-4H2,(H,14,15).